The van der Waals surface area contributed by atoms with Crippen molar-refractivity contribution in [3.8, 4) is 0 Å². The first-order chi connectivity index (χ1) is 12.7. The van der Waals surface area contributed by atoms with Gasteiger partial charge in [0.25, 0.3) is 0 Å². The topological polar surface area (TPSA) is 37.3 Å². The molecule has 0 aliphatic carbocycles. The largest absolute Gasteiger partial charge is 1.00 e. The van der Waals surface area contributed by atoms with E-state index in [1.807, 2.05) is 54.6 Å². The van der Waals surface area contributed by atoms with E-state index in [0.29, 0.717) is 6.16 Å². The number of carboxylic acid groups (broad SMARTS) is 1. The van der Waals surface area contributed by atoms with E-state index in [4.69, 9.17) is 0 Å². The normalized spacial score (nSPS) is 10.1. The molecule has 0 saturated heterocycles. The molecule has 0 radical (unpaired) electrons. The van der Waals surface area contributed by atoms with Gasteiger partial charge in [-0.2, -0.15) is 0 Å². The molecule has 0 aromatic heterocycles. The number of rotatable bonds is 6. The van der Waals surface area contributed by atoms with Crippen molar-refractivity contribution in [3.63, 3.8) is 0 Å². The second-order valence-corrected chi connectivity index (χ2v) is 9.30. The monoisotopic (exact) mass is 572 g/mol. The summed E-state index contributed by atoms with van der Waals surface area (Å²) in [7, 11) is -1.99. The maximum atomic E-state index is 11.4. The van der Waals surface area contributed by atoms with Gasteiger partial charge in [0, 0.05) is 28.3 Å². The van der Waals surface area contributed by atoms with Crippen LogP contribution in [0.15, 0.2) is 91.0 Å². The first kappa shape index (κ1) is 24.0. The van der Waals surface area contributed by atoms with E-state index < -0.39 is 13.2 Å². The first-order valence-electron chi connectivity index (χ1n) is 8.14. The molecule has 0 atom stereocenters. The highest BCUT2D eigenvalue weighted by molar-refractivity contribution is 9.93. The summed E-state index contributed by atoms with van der Waals surface area (Å²) in [5, 5.41) is 13.0. The molecule has 3 aromatic rings. The van der Waals surface area contributed by atoms with Crippen LogP contribution >= 0.6 is 35.5 Å². The number of carbonyl (C=O) groups is 1. The van der Waals surface area contributed by atoms with Gasteiger partial charge in [-0.1, -0.05) is 54.6 Å². The van der Waals surface area contributed by atoms with Gasteiger partial charge in [-0.05, 0) is 36.4 Å². The van der Waals surface area contributed by atoms with Crippen molar-refractivity contribution in [2.45, 2.75) is 6.42 Å². The maximum Gasteiger partial charge on any atom is 0.307 e. The van der Waals surface area contributed by atoms with Crippen LogP contribution in [0.5, 0.6) is 0 Å². The van der Waals surface area contributed by atoms with Crippen molar-refractivity contribution < 1.29 is 26.9 Å². The van der Waals surface area contributed by atoms with E-state index in [1.165, 1.54) is 15.9 Å². The van der Waals surface area contributed by atoms with Crippen LogP contribution in [0.2, 0.25) is 0 Å². The van der Waals surface area contributed by atoms with Crippen molar-refractivity contribution in [3.05, 3.63) is 91.0 Å². The zero-order valence-electron chi connectivity index (χ0n) is 14.5. The van der Waals surface area contributed by atoms with Crippen LogP contribution in [0.4, 0.5) is 0 Å². The summed E-state index contributed by atoms with van der Waals surface area (Å²) >= 11 is 5.50. The van der Waals surface area contributed by atoms with Crippen molar-refractivity contribution in [2.75, 3.05) is 6.16 Å². The van der Waals surface area contributed by atoms with Crippen molar-refractivity contribution >= 4 is 57.4 Å². The standard InChI is InChI=1S/C21H19O2P.Br2.BrH/c22-21(23)16-17-24(18-10-4-1-5-11-18,19-12-6-2-7-13-19)20-14-8-3-9-15-20;1-2;/h1-15H,16-17H2;;1H. The third kappa shape index (κ3) is 5.99. The Balaban J connectivity index is 0.00000118. The molecule has 0 bridgehead atoms. The molecule has 142 valence electrons. The Labute approximate surface area is 187 Å². The average Bonchev–Trinajstić information content (AvgIpc) is 2.72. The second kappa shape index (κ2) is 12.5. The SMILES string of the molecule is BrBr.O=C(O)CC[P+](c1ccccc1)(c1ccccc1)c1ccccc1.[Br-]. The number of benzene rings is 3. The van der Waals surface area contributed by atoms with Gasteiger partial charge in [0.15, 0.2) is 0 Å². The molecule has 0 aliphatic heterocycles. The molecule has 0 aliphatic rings. The van der Waals surface area contributed by atoms with Gasteiger partial charge in [0.1, 0.15) is 23.2 Å². The third-order valence-electron chi connectivity index (χ3n) is 4.25. The Morgan fingerprint density at radius 3 is 1.26 bits per heavy atom. The molecular weight excluding hydrogens is 555 g/mol. The Morgan fingerprint density at radius 2 is 1.00 bits per heavy atom. The van der Waals surface area contributed by atoms with Crippen molar-refractivity contribution in [1.29, 1.82) is 0 Å². The second-order valence-electron chi connectivity index (χ2n) is 5.68. The van der Waals surface area contributed by atoms with Crippen molar-refractivity contribution in [1.82, 2.24) is 0 Å². The molecule has 2 nitrogen and oxygen atoms in total. The summed E-state index contributed by atoms with van der Waals surface area (Å²) in [6.45, 7) is 0. The van der Waals surface area contributed by atoms with E-state index in [-0.39, 0.29) is 23.4 Å². The van der Waals surface area contributed by atoms with E-state index in [9.17, 15) is 9.90 Å². The average molecular weight is 575 g/mol. The van der Waals surface area contributed by atoms with Gasteiger partial charge in [-0.3, -0.25) is 4.79 Å². The van der Waals surface area contributed by atoms with Crippen molar-refractivity contribution in [2.24, 2.45) is 0 Å². The van der Waals surface area contributed by atoms with Crippen LogP contribution in [0.25, 0.3) is 0 Å². The molecule has 0 saturated carbocycles. The lowest BCUT2D eigenvalue weighted by Gasteiger charge is -2.27. The van der Waals surface area contributed by atoms with E-state index in [2.05, 4.69) is 64.7 Å². The summed E-state index contributed by atoms with van der Waals surface area (Å²) in [5.74, 6) is -0.748. The van der Waals surface area contributed by atoms with Gasteiger partial charge in [0.05, 0.1) is 12.6 Å². The summed E-state index contributed by atoms with van der Waals surface area (Å²) < 4.78 is 0. The maximum absolute atomic E-state index is 11.4. The van der Waals surface area contributed by atoms with Gasteiger partial charge in [-0.15, -0.1) is 0 Å². The quantitative estimate of drug-likeness (QED) is 0.458. The van der Waals surface area contributed by atoms with Crippen LogP contribution in [-0.2, 0) is 4.79 Å². The lowest BCUT2D eigenvalue weighted by molar-refractivity contribution is -0.136. The Hall–Kier alpha value is -1.00. The minimum absolute atomic E-state index is 0. The fraction of sp³-hybridized carbons (Fsp3) is 0.0952. The summed E-state index contributed by atoms with van der Waals surface area (Å²) in [5.41, 5.74) is 0. The van der Waals surface area contributed by atoms with Crippen LogP contribution in [-0.4, -0.2) is 17.2 Å². The van der Waals surface area contributed by atoms with Crippen LogP contribution in [0, 0.1) is 0 Å². The predicted molar refractivity (Wildman–Crippen MR) is 120 cm³/mol. The molecule has 3 rings (SSSR count). The molecule has 0 heterocycles. The molecular formula is C21H20Br3O2P. The molecule has 3 aromatic carbocycles. The Morgan fingerprint density at radius 1 is 0.704 bits per heavy atom. The Kier molecular flexibility index (Phi) is 11.1. The highest BCUT2D eigenvalue weighted by atomic mass is 80.9. The van der Waals surface area contributed by atoms with Crippen LogP contribution in [0.3, 0.4) is 0 Å². The summed E-state index contributed by atoms with van der Waals surface area (Å²) in [6, 6.07) is 31.1. The lowest BCUT2D eigenvalue weighted by atomic mass is 10.4. The van der Waals surface area contributed by atoms with Gasteiger partial charge >= 0.3 is 5.97 Å². The van der Waals surface area contributed by atoms with Gasteiger partial charge in [-0.25, -0.2) is 0 Å². The fourth-order valence-corrected chi connectivity index (χ4v) is 7.38. The number of hydrogen-bond donors (Lipinski definition) is 1. The number of hydrogen-bond acceptors (Lipinski definition) is 1. The van der Waals surface area contributed by atoms with Crippen LogP contribution < -0.4 is 32.9 Å². The molecule has 0 fully saturated rings. The molecule has 6 heteroatoms. The number of aliphatic carboxylic acids is 1. The van der Waals surface area contributed by atoms with Crippen LogP contribution in [0.1, 0.15) is 6.42 Å². The third-order valence-corrected chi connectivity index (χ3v) is 8.69. The molecule has 0 amide bonds. The highest BCUT2D eigenvalue weighted by Crippen LogP contribution is 2.55. The number of halogens is 3. The summed E-state index contributed by atoms with van der Waals surface area (Å²) in [4.78, 5) is 11.4. The lowest BCUT2D eigenvalue weighted by Crippen LogP contribution is -3.00. The first-order valence-corrected chi connectivity index (χ1v) is 13.8. The molecule has 1 N–H and O–H groups in total. The zero-order chi connectivity index (χ0) is 18.8. The van der Waals surface area contributed by atoms with E-state index in [0.717, 1.165) is 0 Å². The predicted octanol–water partition coefficient (Wildman–Crippen LogP) is 2.15. The molecule has 0 unspecified atom stereocenters. The minimum atomic E-state index is -1.99. The van der Waals surface area contributed by atoms with E-state index >= 15 is 0 Å². The highest BCUT2D eigenvalue weighted by Gasteiger charge is 2.45. The smallest absolute Gasteiger partial charge is 0.307 e. The molecule has 27 heavy (non-hydrogen) atoms. The minimum Gasteiger partial charge on any atom is -1.00 e. The number of carboxylic acids is 1. The fourth-order valence-electron chi connectivity index (χ4n) is 3.15. The summed E-state index contributed by atoms with van der Waals surface area (Å²) in [6.07, 6.45) is 0.785. The molecule has 0 spiro atoms. The zero-order valence-corrected chi connectivity index (χ0v) is 20.2. The Bertz CT molecular complexity index is 703. The van der Waals surface area contributed by atoms with E-state index in [1.54, 1.807) is 0 Å². The van der Waals surface area contributed by atoms with Gasteiger partial charge in [0.2, 0.25) is 0 Å². The van der Waals surface area contributed by atoms with Gasteiger partial charge < -0.3 is 22.1 Å².